The molecule has 0 radical (unpaired) electrons. The number of nitro benzene ring substituents is 1. The van der Waals surface area contributed by atoms with E-state index in [-0.39, 0.29) is 22.4 Å². The van der Waals surface area contributed by atoms with Gasteiger partial charge in [0.05, 0.1) is 16.2 Å². The average molecular weight is 427 g/mol. The van der Waals surface area contributed by atoms with E-state index in [0.29, 0.717) is 5.56 Å². The highest BCUT2D eigenvalue weighted by Gasteiger charge is 2.17. The minimum Gasteiger partial charge on any atom is -0.454 e. The molecule has 0 unspecified atom stereocenters. The number of hydrogen-bond acceptors (Lipinski definition) is 6. The van der Waals surface area contributed by atoms with Crippen LogP contribution in [0, 0.1) is 17.0 Å². The Kier molecular flexibility index (Phi) is 7.47. The van der Waals surface area contributed by atoms with E-state index >= 15 is 0 Å². The largest absolute Gasteiger partial charge is 0.454 e. The number of nitro groups is 1. The lowest BCUT2D eigenvalue weighted by atomic mass is 9.87. The van der Waals surface area contributed by atoms with Crippen molar-refractivity contribution in [3.05, 3.63) is 69.3 Å². The molecule has 2 rings (SSSR count). The summed E-state index contributed by atoms with van der Waals surface area (Å²) < 4.78 is 4.84. The van der Waals surface area contributed by atoms with E-state index in [1.54, 1.807) is 12.1 Å². The highest BCUT2D eigenvalue weighted by molar-refractivity contribution is 5.97. The molecule has 0 bridgehead atoms. The first-order valence-corrected chi connectivity index (χ1v) is 9.57. The second kappa shape index (κ2) is 9.84. The quantitative estimate of drug-likeness (QED) is 0.397. The number of nitrogens with zero attached hydrogens (tertiary/aromatic N) is 1. The lowest BCUT2D eigenvalue weighted by Crippen LogP contribution is -2.32. The molecule has 0 spiro atoms. The lowest BCUT2D eigenvalue weighted by molar-refractivity contribution is -0.385. The molecule has 0 aliphatic carbocycles. The summed E-state index contributed by atoms with van der Waals surface area (Å²) in [5.74, 6) is -1.87. The monoisotopic (exact) mass is 427 g/mol. The second-order valence-electron chi connectivity index (χ2n) is 7.93. The number of esters is 1. The molecule has 0 atom stereocenters. The Hall–Kier alpha value is -3.75. The molecular weight excluding hydrogens is 402 g/mol. The number of amides is 2. The van der Waals surface area contributed by atoms with Gasteiger partial charge in [-0.3, -0.25) is 24.5 Å². The molecule has 0 fully saturated rings. The summed E-state index contributed by atoms with van der Waals surface area (Å²) in [4.78, 5) is 46.4. The molecule has 0 aromatic heterocycles. The van der Waals surface area contributed by atoms with Crippen molar-refractivity contribution >= 4 is 29.2 Å². The average Bonchev–Trinajstić information content (AvgIpc) is 2.71. The molecule has 2 amide bonds. The first kappa shape index (κ1) is 23.5. The second-order valence-corrected chi connectivity index (χ2v) is 7.93. The molecule has 164 valence electrons. The van der Waals surface area contributed by atoms with E-state index in [0.717, 1.165) is 5.56 Å². The molecule has 9 nitrogen and oxygen atoms in total. The maximum absolute atomic E-state index is 12.2. The molecule has 0 aliphatic heterocycles. The minimum atomic E-state index is -0.787. The molecule has 31 heavy (non-hydrogen) atoms. The summed E-state index contributed by atoms with van der Waals surface area (Å²) in [6.07, 6.45) is 0. The Morgan fingerprint density at radius 3 is 2.29 bits per heavy atom. The zero-order valence-corrected chi connectivity index (χ0v) is 17.9. The zero-order valence-electron chi connectivity index (χ0n) is 17.9. The van der Waals surface area contributed by atoms with E-state index in [9.17, 15) is 24.5 Å². The van der Waals surface area contributed by atoms with E-state index in [4.69, 9.17) is 4.74 Å². The van der Waals surface area contributed by atoms with Gasteiger partial charge in [0.25, 0.3) is 17.5 Å². The number of carbonyl (C=O) groups excluding carboxylic acids is 3. The Morgan fingerprint density at radius 1 is 1.06 bits per heavy atom. The van der Waals surface area contributed by atoms with Crippen molar-refractivity contribution in [2.45, 2.75) is 33.1 Å². The van der Waals surface area contributed by atoms with Gasteiger partial charge in [0.15, 0.2) is 6.61 Å². The summed E-state index contributed by atoms with van der Waals surface area (Å²) >= 11 is 0. The van der Waals surface area contributed by atoms with Gasteiger partial charge in [-0.25, -0.2) is 0 Å². The molecular formula is C22H25N3O6. The predicted octanol–water partition coefficient (Wildman–Crippen LogP) is 3.11. The van der Waals surface area contributed by atoms with Gasteiger partial charge in [-0.1, -0.05) is 39.0 Å². The van der Waals surface area contributed by atoms with Crippen molar-refractivity contribution in [2.75, 3.05) is 18.5 Å². The molecule has 2 aromatic rings. The standard InChI is InChI=1S/C22H25N3O6/c1-14-17(6-5-7-18(14)25(29)30)24-19(26)13-31-20(27)12-23-21(28)15-8-10-16(11-9-15)22(2,3)4/h5-11H,12-13H2,1-4H3,(H,23,28)(H,24,26). The topological polar surface area (TPSA) is 128 Å². The van der Waals surface area contributed by atoms with Crippen LogP contribution in [0.1, 0.15) is 42.3 Å². The van der Waals surface area contributed by atoms with Gasteiger partial charge in [0.1, 0.15) is 6.54 Å². The van der Waals surface area contributed by atoms with Crippen LogP contribution in [0.25, 0.3) is 0 Å². The summed E-state index contributed by atoms with van der Waals surface area (Å²) in [5, 5.41) is 15.9. The molecule has 9 heteroatoms. The van der Waals surface area contributed by atoms with Crippen molar-refractivity contribution in [3.8, 4) is 0 Å². The Bertz CT molecular complexity index is 993. The SMILES string of the molecule is Cc1c(NC(=O)COC(=O)CNC(=O)c2ccc(C(C)(C)C)cc2)cccc1[N+](=O)[O-]. The van der Waals surface area contributed by atoms with Crippen LogP contribution in [-0.2, 0) is 19.7 Å². The van der Waals surface area contributed by atoms with Crippen LogP contribution in [0.3, 0.4) is 0 Å². The summed E-state index contributed by atoms with van der Waals surface area (Å²) in [5.41, 5.74) is 1.85. The minimum absolute atomic E-state index is 0.0391. The van der Waals surface area contributed by atoms with Crippen LogP contribution in [0.15, 0.2) is 42.5 Å². The van der Waals surface area contributed by atoms with Crippen molar-refractivity contribution in [3.63, 3.8) is 0 Å². The van der Waals surface area contributed by atoms with Gasteiger partial charge in [-0.15, -0.1) is 0 Å². The summed E-state index contributed by atoms with van der Waals surface area (Å²) in [7, 11) is 0. The third-order valence-electron chi connectivity index (χ3n) is 4.55. The molecule has 2 N–H and O–H groups in total. The van der Waals surface area contributed by atoms with Crippen LogP contribution >= 0.6 is 0 Å². The third kappa shape index (κ3) is 6.63. The van der Waals surface area contributed by atoms with Crippen LogP contribution < -0.4 is 10.6 Å². The number of rotatable bonds is 7. The van der Waals surface area contributed by atoms with Crippen LogP contribution in [0.2, 0.25) is 0 Å². The van der Waals surface area contributed by atoms with E-state index in [1.165, 1.54) is 25.1 Å². The van der Waals surface area contributed by atoms with Gasteiger partial charge in [-0.05, 0) is 36.1 Å². The number of hydrogen-bond donors (Lipinski definition) is 2. The number of nitrogens with one attached hydrogen (secondary N) is 2. The van der Waals surface area contributed by atoms with E-state index in [2.05, 4.69) is 31.4 Å². The molecule has 0 saturated carbocycles. The fraction of sp³-hybridized carbons (Fsp3) is 0.318. The highest BCUT2D eigenvalue weighted by atomic mass is 16.6. The van der Waals surface area contributed by atoms with Crippen LogP contribution in [0.5, 0.6) is 0 Å². The third-order valence-corrected chi connectivity index (χ3v) is 4.55. The first-order chi connectivity index (χ1) is 14.5. The van der Waals surface area contributed by atoms with Crippen LogP contribution in [0.4, 0.5) is 11.4 Å². The smallest absolute Gasteiger partial charge is 0.325 e. The number of benzene rings is 2. The van der Waals surface area contributed by atoms with Gasteiger partial charge in [0.2, 0.25) is 0 Å². The maximum atomic E-state index is 12.2. The number of ether oxygens (including phenoxy) is 1. The van der Waals surface area contributed by atoms with Gasteiger partial charge < -0.3 is 15.4 Å². The lowest BCUT2D eigenvalue weighted by Gasteiger charge is -2.19. The highest BCUT2D eigenvalue weighted by Crippen LogP contribution is 2.25. The van der Waals surface area contributed by atoms with Crippen molar-refractivity contribution in [2.24, 2.45) is 0 Å². The summed E-state index contributed by atoms with van der Waals surface area (Å²) in [6.45, 7) is 6.71. The Morgan fingerprint density at radius 2 is 1.71 bits per heavy atom. The van der Waals surface area contributed by atoms with Crippen molar-refractivity contribution in [1.29, 1.82) is 0 Å². The van der Waals surface area contributed by atoms with E-state index in [1.807, 2.05) is 12.1 Å². The normalized spacial score (nSPS) is 10.8. The van der Waals surface area contributed by atoms with Crippen molar-refractivity contribution in [1.82, 2.24) is 5.32 Å². The van der Waals surface area contributed by atoms with Crippen molar-refractivity contribution < 1.29 is 24.0 Å². The van der Waals surface area contributed by atoms with Crippen LogP contribution in [-0.4, -0.2) is 35.9 Å². The molecule has 0 saturated heterocycles. The molecule has 2 aromatic carbocycles. The van der Waals surface area contributed by atoms with Gasteiger partial charge in [-0.2, -0.15) is 0 Å². The number of anilines is 1. The molecule has 0 aliphatic rings. The predicted molar refractivity (Wildman–Crippen MR) is 115 cm³/mol. The van der Waals surface area contributed by atoms with Gasteiger partial charge in [0, 0.05) is 11.6 Å². The maximum Gasteiger partial charge on any atom is 0.325 e. The fourth-order valence-corrected chi connectivity index (χ4v) is 2.72. The van der Waals surface area contributed by atoms with E-state index < -0.39 is 35.9 Å². The number of carbonyl (C=O) groups is 3. The molecule has 0 heterocycles. The fourth-order valence-electron chi connectivity index (χ4n) is 2.72. The summed E-state index contributed by atoms with van der Waals surface area (Å²) in [6, 6.07) is 11.3. The van der Waals surface area contributed by atoms with Gasteiger partial charge >= 0.3 is 5.97 Å². The first-order valence-electron chi connectivity index (χ1n) is 9.57. The Balaban J connectivity index is 1.81. The zero-order chi connectivity index (χ0) is 23.2. The Labute approximate surface area is 179 Å².